The molecule has 92 valence electrons. The van der Waals surface area contributed by atoms with Gasteiger partial charge in [0.15, 0.2) is 0 Å². The Morgan fingerprint density at radius 3 is 2.29 bits per heavy atom. The number of benzene rings is 1. The fourth-order valence-corrected chi connectivity index (χ4v) is 2.12. The third-order valence-corrected chi connectivity index (χ3v) is 2.80. The van der Waals surface area contributed by atoms with Gasteiger partial charge in [-0.15, -0.1) is 0 Å². The molecule has 0 spiro atoms. The number of halogens is 1. The molecular weight excluding hydrogens is 221 g/mol. The molecule has 1 heterocycles. The largest absolute Gasteiger partial charge is 0.372 e. The third kappa shape index (κ3) is 2.82. The number of rotatable bonds is 1. The minimum Gasteiger partial charge on any atom is -0.372 e. The first-order chi connectivity index (χ1) is 8.06. The number of morpholine rings is 1. The topological polar surface area (TPSA) is 29.5 Å². The van der Waals surface area contributed by atoms with Gasteiger partial charge in [0, 0.05) is 18.7 Å². The number of hydrogen-bond donors (Lipinski definition) is 0. The van der Waals surface area contributed by atoms with Crippen LogP contribution in [-0.2, 0) is 4.74 Å². The van der Waals surface area contributed by atoms with Crippen molar-refractivity contribution in [1.29, 1.82) is 0 Å². The van der Waals surface area contributed by atoms with Crippen molar-refractivity contribution in [3.05, 3.63) is 35.6 Å². The van der Waals surface area contributed by atoms with Gasteiger partial charge in [-0.2, -0.15) is 0 Å². The van der Waals surface area contributed by atoms with Crippen molar-refractivity contribution in [2.24, 2.45) is 0 Å². The summed E-state index contributed by atoms with van der Waals surface area (Å²) in [6.45, 7) is 5.06. The Morgan fingerprint density at radius 1 is 1.24 bits per heavy atom. The van der Waals surface area contributed by atoms with Crippen LogP contribution in [0.1, 0.15) is 24.2 Å². The van der Waals surface area contributed by atoms with E-state index in [0.717, 1.165) is 0 Å². The SMILES string of the molecule is C[C@@H]1CN(C(=O)c2ccc(F)cc2)C[C@H](C)O1. The summed E-state index contributed by atoms with van der Waals surface area (Å²) in [5, 5.41) is 0. The first kappa shape index (κ1) is 12.0. The van der Waals surface area contributed by atoms with E-state index in [0.29, 0.717) is 18.7 Å². The third-order valence-electron chi connectivity index (χ3n) is 2.80. The monoisotopic (exact) mass is 237 g/mol. The van der Waals surface area contributed by atoms with Crippen LogP contribution < -0.4 is 0 Å². The first-order valence-electron chi connectivity index (χ1n) is 5.76. The van der Waals surface area contributed by atoms with Crippen LogP contribution in [0.15, 0.2) is 24.3 Å². The Labute approximate surface area is 100 Å². The molecule has 1 aromatic rings. The molecule has 0 saturated carbocycles. The molecule has 17 heavy (non-hydrogen) atoms. The normalized spacial score (nSPS) is 24.8. The van der Waals surface area contributed by atoms with Gasteiger partial charge >= 0.3 is 0 Å². The maximum absolute atomic E-state index is 12.8. The van der Waals surface area contributed by atoms with E-state index < -0.39 is 0 Å². The Morgan fingerprint density at radius 2 is 1.76 bits per heavy atom. The summed E-state index contributed by atoms with van der Waals surface area (Å²) >= 11 is 0. The first-order valence-corrected chi connectivity index (χ1v) is 5.76. The lowest BCUT2D eigenvalue weighted by atomic mass is 10.1. The minimum atomic E-state index is -0.328. The highest BCUT2D eigenvalue weighted by atomic mass is 19.1. The highest BCUT2D eigenvalue weighted by Gasteiger charge is 2.26. The summed E-state index contributed by atoms with van der Waals surface area (Å²) in [6, 6.07) is 5.64. The molecule has 0 N–H and O–H groups in total. The lowest BCUT2D eigenvalue weighted by Gasteiger charge is -2.35. The fourth-order valence-electron chi connectivity index (χ4n) is 2.12. The Kier molecular flexibility index (Phi) is 3.43. The summed E-state index contributed by atoms with van der Waals surface area (Å²) in [4.78, 5) is 13.9. The van der Waals surface area contributed by atoms with Gasteiger partial charge in [-0.1, -0.05) is 0 Å². The van der Waals surface area contributed by atoms with E-state index in [2.05, 4.69) is 0 Å². The summed E-state index contributed by atoms with van der Waals surface area (Å²) in [5.41, 5.74) is 0.521. The lowest BCUT2D eigenvalue weighted by molar-refractivity contribution is -0.0586. The van der Waals surface area contributed by atoms with Crippen LogP contribution in [0.4, 0.5) is 4.39 Å². The molecule has 2 atom stereocenters. The van der Waals surface area contributed by atoms with Gasteiger partial charge in [0.25, 0.3) is 5.91 Å². The van der Waals surface area contributed by atoms with Crippen molar-refractivity contribution in [3.63, 3.8) is 0 Å². The van der Waals surface area contributed by atoms with Gasteiger partial charge in [-0.3, -0.25) is 4.79 Å². The van der Waals surface area contributed by atoms with Gasteiger partial charge in [0.1, 0.15) is 5.82 Å². The van der Waals surface area contributed by atoms with E-state index in [1.54, 1.807) is 4.90 Å². The second kappa shape index (κ2) is 4.84. The number of amides is 1. The van der Waals surface area contributed by atoms with Gasteiger partial charge in [0.2, 0.25) is 0 Å². The zero-order chi connectivity index (χ0) is 12.4. The Balaban J connectivity index is 2.11. The molecule has 1 fully saturated rings. The number of hydrogen-bond acceptors (Lipinski definition) is 2. The Bertz CT molecular complexity index is 394. The number of nitrogens with zero attached hydrogens (tertiary/aromatic N) is 1. The van der Waals surface area contributed by atoms with Crippen LogP contribution in [0.2, 0.25) is 0 Å². The molecule has 0 bridgehead atoms. The van der Waals surface area contributed by atoms with Crippen LogP contribution >= 0.6 is 0 Å². The molecule has 0 aliphatic carbocycles. The molecule has 2 rings (SSSR count). The van der Waals surface area contributed by atoms with Crippen LogP contribution in [0.25, 0.3) is 0 Å². The summed E-state index contributed by atoms with van der Waals surface area (Å²) in [7, 11) is 0. The van der Waals surface area contributed by atoms with Crippen molar-refractivity contribution in [3.8, 4) is 0 Å². The minimum absolute atomic E-state index is 0.0446. The highest BCUT2D eigenvalue weighted by Crippen LogP contribution is 2.14. The zero-order valence-electron chi connectivity index (χ0n) is 10.0. The van der Waals surface area contributed by atoms with Crippen molar-refractivity contribution in [2.75, 3.05) is 13.1 Å². The molecule has 1 amide bonds. The summed E-state index contributed by atoms with van der Waals surface area (Å²) in [6.07, 6.45) is 0.0892. The quantitative estimate of drug-likeness (QED) is 0.748. The predicted molar refractivity (Wildman–Crippen MR) is 62.3 cm³/mol. The standard InChI is InChI=1S/C13H16FNO2/c1-9-7-15(8-10(2)17-9)13(16)11-3-5-12(14)6-4-11/h3-6,9-10H,7-8H2,1-2H3/t9-,10+. The number of ether oxygens (including phenoxy) is 1. The van der Waals surface area contributed by atoms with E-state index in [1.807, 2.05) is 13.8 Å². The second-order valence-corrected chi connectivity index (χ2v) is 4.47. The van der Waals surface area contributed by atoms with Crippen molar-refractivity contribution in [1.82, 2.24) is 4.90 Å². The van der Waals surface area contributed by atoms with Crippen LogP contribution in [0.3, 0.4) is 0 Å². The second-order valence-electron chi connectivity index (χ2n) is 4.47. The molecule has 0 unspecified atom stereocenters. The van der Waals surface area contributed by atoms with E-state index in [-0.39, 0.29) is 23.9 Å². The lowest BCUT2D eigenvalue weighted by Crippen LogP contribution is -2.48. The van der Waals surface area contributed by atoms with E-state index in [4.69, 9.17) is 4.74 Å². The predicted octanol–water partition coefficient (Wildman–Crippen LogP) is 2.08. The maximum Gasteiger partial charge on any atom is 0.254 e. The smallest absolute Gasteiger partial charge is 0.254 e. The van der Waals surface area contributed by atoms with Gasteiger partial charge in [-0.05, 0) is 38.1 Å². The van der Waals surface area contributed by atoms with E-state index in [9.17, 15) is 9.18 Å². The zero-order valence-corrected chi connectivity index (χ0v) is 10.0. The molecule has 3 nitrogen and oxygen atoms in total. The number of carbonyl (C=O) groups excluding carboxylic acids is 1. The van der Waals surface area contributed by atoms with Crippen LogP contribution in [-0.4, -0.2) is 36.1 Å². The average molecular weight is 237 g/mol. The maximum atomic E-state index is 12.8. The average Bonchev–Trinajstić information content (AvgIpc) is 2.28. The molecule has 0 aromatic heterocycles. The van der Waals surface area contributed by atoms with Crippen LogP contribution in [0, 0.1) is 5.82 Å². The summed E-state index contributed by atoms with van der Waals surface area (Å²) < 4.78 is 18.3. The Hall–Kier alpha value is -1.42. The summed E-state index contributed by atoms with van der Waals surface area (Å²) in [5.74, 6) is -0.391. The van der Waals surface area contributed by atoms with Crippen molar-refractivity contribution < 1.29 is 13.9 Å². The van der Waals surface area contributed by atoms with Gasteiger partial charge in [-0.25, -0.2) is 4.39 Å². The highest BCUT2D eigenvalue weighted by molar-refractivity contribution is 5.94. The molecule has 1 aliphatic rings. The van der Waals surface area contributed by atoms with Crippen molar-refractivity contribution in [2.45, 2.75) is 26.1 Å². The molecule has 1 aliphatic heterocycles. The van der Waals surface area contributed by atoms with Crippen molar-refractivity contribution >= 4 is 5.91 Å². The molecule has 0 radical (unpaired) electrons. The molecule has 1 aromatic carbocycles. The molecule has 4 heteroatoms. The van der Waals surface area contributed by atoms with Gasteiger partial charge < -0.3 is 9.64 Å². The van der Waals surface area contributed by atoms with Crippen LogP contribution in [0.5, 0.6) is 0 Å². The van der Waals surface area contributed by atoms with Gasteiger partial charge in [0.05, 0.1) is 12.2 Å². The number of carbonyl (C=O) groups is 1. The molecule has 1 saturated heterocycles. The fraction of sp³-hybridized carbons (Fsp3) is 0.462. The van der Waals surface area contributed by atoms with E-state index in [1.165, 1.54) is 24.3 Å². The van der Waals surface area contributed by atoms with E-state index >= 15 is 0 Å². The molecular formula is C13H16FNO2.